The summed E-state index contributed by atoms with van der Waals surface area (Å²) in [6, 6.07) is 10.2. The maximum atomic E-state index is 12.7. The Morgan fingerprint density at radius 3 is 2.26 bits per heavy atom. The van der Waals surface area contributed by atoms with E-state index in [1.54, 1.807) is 6.07 Å². The Kier molecular flexibility index (Phi) is 4.57. The SMILES string of the molecule is CC(=O)Nc1ccc2c(C(=O)O)cc(-c3ccc(C(F)(F)F)cc3)nc2c1. The molecule has 1 heterocycles. The molecule has 0 unspecified atom stereocenters. The lowest BCUT2D eigenvalue weighted by molar-refractivity contribution is -0.137. The molecule has 1 aromatic heterocycles. The number of halogens is 3. The summed E-state index contributed by atoms with van der Waals surface area (Å²) < 4.78 is 38.2. The molecule has 0 fully saturated rings. The van der Waals surface area contributed by atoms with Crippen LogP contribution in [-0.4, -0.2) is 22.0 Å². The minimum absolute atomic E-state index is 0.0377. The third kappa shape index (κ3) is 3.89. The first-order chi connectivity index (χ1) is 12.6. The summed E-state index contributed by atoms with van der Waals surface area (Å²) in [6.45, 7) is 1.33. The van der Waals surface area contributed by atoms with E-state index in [0.29, 0.717) is 22.2 Å². The van der Waals surface area contributed by atoms with Gasteiger partial charge in [0, 0.05) is 23.6 Å². The highest BCUT2D eigenvalue weighted by Crippen LogP contribution is 2.32. The van der Waals surface area contributed by atoms with Gasteiger partial charge in [-0.1, -0.05) is 12.1 Å². The third-order valence-corrected chi connectivity index (χ3v) is 3.87. The van der Waals surface area contributed by atoms with Crippen molar-refractivity contribution < 1.29 is 27.9 Å². The first kappa shape index (κ1) is 18.4. The van der Waals surface area contributed by atoms with Gasteiger partial charge in [0.2, 0.25) is 5.91 Å². The number of pyridine rings is 1. The highest BCUT2D eigenvalue weighted by molar-refractivity contribution is 6.05. The normalized spacial score (nSPS) is 11.4. The van der Waals surface area contributed by atoms with Crippen LogP contribution in [0, 0.1) is 0 Å². The molecule has 0 bridgehead atoms. The van der Waals surface area contributed by atoms with E-state index >= 15 is 0 Å². The van der Waals surface area contributed by atoms with Crippen LogP contribution in [0.1, 0.15) is 22.8 Å². The number of hydrogen-bond acceptors (Lipinski definition) is 3. The Labute approximate surface area is 151 Å². The van der Waals surface area contributed by atoms with Gasteiger partial charge in [-0.25, -0.2) is 9.78 Å². The van der Waals surface area contributed by atoms with E-state index in [2.05, 4.69) is 10.3 Å². The minimum Gasteiger partial charge on any atom is -0.478 e. The Morgan fingerprint density at radius 2 is 1.70 bits per heavy atom. The van der Waals surface area contributed by atoms with Crippen molar-refractivity contribution >= 4 is 28.5 Å². The molecule has 0 aliphatic rings. The molecule has 0 radical (unpaired) electrons. The molecular formula is C19H13F3N2O3. The molecule has 1 amide bonds. The topological polar surface area (TPSA) is 79.3 Å². The quantitative estimate of drug-likeness (QED) is 0.703. The number of anilines is 1. The summed E-state index contributed by atoms with van der Waals surface area (Å²) in [7, 11) is 0. The number of fused-ring (bicyclic) bond motifs is 1. The van der Waals surface area contributed by atoms with E-state index in [1.807, 2.05) is 0 Å². The Bertz CT molecular complexity index is 1040. The van der Waals surface area contributed by atoms with Crippen molar-refractivity contribution in [1.82, 2.24) is 4.98 Å². The highest BCUT2D eigenvalue weighted by Gasteiger charge is 2.30. The molecule has 138 valence electrons. The second kappa shape index (κ2) is 6.71. The number of aromatic carboxylic acids is 1. The number of hydrogen-bond donors (Lipinski definition) is 2. The van der Waals surface area contributed by atoms with Crippen LogP contribution in [-0.2, 0) is 11.0 Å². The van der Waals surface area contributed by atoms with Crippen LogP contribution >= 0.6 is 0 Å². The number of rotatable bonds is 3. The average molecular weight is 374 g/mol. The molecule has 3 rings (SSSR count). The number of carbonyl (C=O) groups excluding carboxylic acids is 1. The first-order valence-electron chi connectivity index (χ1n) is 7.78. The zero-order valence-corrected chi connectivity index (χ0v) is 14.0. The van der Waals surface area contributed by atoms with Crippen LogP contribution in [0.2, 0.25) is 0 Å². The van der Waals surface area contributed by atoms with Crippen molar-refractivity contribution in [3.63, 3.8) is 0 Å². The maximum Gasteiger partial charge on any atom is 0.416 e. The zero-order valence-electron chi connectivity index (χ0n) is 14.0. The number of carbonyl (C=O) groups is 2. The molecule has 8 heteroatoms. The molecule has 0 saturated carbocycles. The van der Waals surface area contributed by atoms with Gasteiger partial charge in [-0.05, 0) is 36.4 Å². The van der Waals surface area contributed by atoms with Crippen molar-refractivity contribution in [2.24, 2.45) is 0 Å². The number of nitrogens with one attached hydrogen (secondary N) is 1. The summed E-state index contributed by atoms with van der Waals surface area (Å²) in [4.78, 5) is 27.2. The Morgan fingerprint density at radius 1 is 1.04 bits per heavy atom. The molecule has 0 saturated heterocycles. The Hall–Kier alpha value is -3.42. The highest BCUT2D eigenvalue weighted by atomic mass is 19.4. The van der Waals surface area contributed by atoms with E-state index in [-0.39, 0.29) is 17.2 Å². The Balaban J connectivity index is 2.14. The van der Waals surface area contributed by atoms with Crippen LogP contribution in [0.5, 0.6) is 0 Å². The van der Waals surface area contributed by atoms with Crippen molar-refractivity contribution in [2.75, 3.05) is 5.32 Å². The standard InChI is InChI=1S/C19H13F3N2O3/c1-10(25)23-13-6-7-14-15(18(26)27)9-16(24-17(14)8-13)11-2-4-12(5-3-11)19(20,21)22/h2-9H,1H3,(H,23,25)(H,26,27). The lowest BCUT2D eigenvalue weighted by atomic mass is 10.0. The zero-order chi connectivity index (χ0) is 19.8. The van der Waals surface area contributed by atoms with Gasteiger partial charge in [0.15, 0.2) is 0 Å². The van der Waals surface area contributed by atoms with E-state index in [4.69, 9.17) is 0 Å². The summed E-state index contributed by atoms with van der Waals surface area (Å²) >= 11 is 0. The van der Waals surface area contributed by atoms with E-state index in [0.717, 1.165) is 12.1 Å². The minimum atomic E-state index is -4.46. The number of carboxylic acid groups (broad SMARTS) is 1. The summed E-state index contributed by atoms with van der Waals surface area (Å²) in [6.07, 6.45) is -4.46. The second-order valence-electron chi connectivity index (χ2n) is 5.85. The molecule has 3 aromatic rings. The van der Waals surface area contributed by atoms with Gasteiger partial charge in [-0.15, -0.1) is 0 Å². The second-order valence-corrected chi connectivity index (χ2v) is 5.85. The van der Waals surface area contributed by atoms with Gasteiger partial charge in [0.1, 0.15) is 0 Å². The predicted molar refractivity (Wildman–Crippen MR) is 93.4 cm³/mol. The van der Waals surface area contributed by atoms with Crippen LogP contribution < -0.4 is 5.32 Å². The predicted octanol–water partition coefficient (Wildman–Crippen LogP) is 4.58. The van der Waals surface area contributed by atoms with Crippen molar-refractivity contribution in [3.05, 3.63) is 59.7 Å². The fraction of sp³-hybridized carbons (Fsp3) is 0.105. The summed E-state index contributed by atoms with van der Waals surface area (Å²) in [5, 5.41) is 12.4. The van der Waals surface area contributed by atoms with Gasteiger partial charge in [0.25, 0.3) is 0 Å². The molecule has 0 aliphatic carbocycles. The van der Waals surface area contributed by atoms with Gasteiger partial charge < -0.3 is 10.4 Å². The number of aromatic nitrogens is 1. The largest absolute Gasteiger partial charge is 0.478 e. The van der Waals surface area contributed by atoms with Crippen LogP contribution in [0.3, 0.4) is 0 Å². The van der Waals surface area contributed by atoms with Crippen molar-refractivity contribution in [3.8, 4) is 11.3 Å². The van der Waals surface area contributed by atoms with Gasteiger partial charge in [0.05, 0.1) is 22.3 Å². The number of nitrogens with zero attached hydrogens (tertiary/aromatic N) is 1. The lowest BCUT2D eigenvalue weighted by Gasteiger charge is -2.10. The van der Waals surface area contributed by atoms with Crippen LogP contribution in [0.15, 0.2) is 48.5 Å². The van der Waals surface area contributed by atoms with Crippen LogP contribution in [0.25, 0.3) is 22.2 Å². The molecular weight excluding hydrogens is 361 g/mol. The third-order valence-electron chi connectivity index (χ3n) is 3.87. The van der Waals surface area contributed by atoms with E-state index < -0.39 is 17.7 Å². The average Bonchev–Trinajstić information content (AvgIpc) is 2.59. The van der Waals surface area contributed by atoms with Crippen molar-refractivity contribution in [1.29, 1.82) is 0 Å². The van der Waals surface area contributed by atoms with Gasteiger partial charge in [-0.2, -0.15) is 13.2 Å². The molecule has 2 aromatic carbocycles. The van der Waals surface area contributed by atoms with E-state index in [9.17, 15) is 27.9 Å². The fourth-order valence-corrected chi connectivity index (χ4v) is 2.66. The first-order valence-corrected chi connectivity index (χ1v) is 7.78. The molecule has 27 heavy (non-hydrogen) atoms. The van der Waals surface area contributed by atoms with E-state index in [1.165, 1.54) is 37.3 Å². The molecule has 0 atom stereocenters. The number of amides is 1. The molecule has 2 N–H and O–H groups in total. The lowest BCUT2D eigenvalue weighted by Crippen LogP contribution is -2.06. The van der Waals surface area contributed by atoms with Crippen LogP contribution in [0.4, 0.5) is 18.9 Å². The number of carboxylic acids is 1. The smallest absolute Gasteiger partial charge is 0.416 e. The summed E-state index contributed by atoms with van der Waals surface area (Å²) in [5.74, 6) is -1.49. The summed E-state index contributed by atoms with van der Waals surface area (Å²) in [5.41, 5.74) is 0.452. The van der Waals surface area contributed by atoms with Gasteiger partial charge in [-0.3, -0.25) is 4.79 Å². The number of alkyl halides is 3. The maximum absolute atomic E-state index is 12.7. The molecule has 0 aliphatic heterocycles. The van der Waals surface area contributed by atoms with Gasteiger partial charge >= 0.3 is 12.1 Å². The molecule has 5 nitrogen and oxygen atoms in total. The number of benzene rings is 2. The van der Waals surface area contributed by atoms with Crippen molar-refractivity contribution in [2.45, 2.75) is 13.1 Å². The fourth-order valence-electron chi connectivity index (χ4n) is 2.66. The molecule has 0 spiro atoms. The monoisotopic (exact) mass is 374 g/mol.